The van der Waals surface area contributed by atoms with E-state index < -0.39 is 5.97 Å². The van der Waals surface area contributed by atoms with Crippen molar-refractivity contribution in [2.45, 2.75) is 13.5 Å². The van der Waals surface area contributed by atoms with Crippen molar-refractivity contribution in [2.75, 3.05) is 19.6 Å². The molecule has 0 atom stereocenters. The van der Waals surface area contributed by atoms with E-state index in [1.54, 1.807) is 17.0 Å². The van der Waals surface area contributed by atoms with Crippen LogP contribution in [0, 0.1) is 6.92 Å². The lowest BCUT2D eigenvalue weighted by atomic mass is 10.1. The van der Waals surface area contributed by atoms with Gasteiger partial charge in [-0.3, -0.25) is 9.59 Å². The van der Waals surface area contributed by atoms with E-state index in [9.17, 15) is 14.4 Å². The second kappa shape index (κ2) is 7.75. The summed E-state index contributed by atoms with van der Waals surface area (Å²) in [7, 11) is 0. The lowest BCUT2D eigenvalue weighted by Crippen LogP contribution is -2.51. The Morgan fingerprint density at radius 1 is 1.15 bits per heavy atom. The summed E-state index contributed by atoms with van der Waals surface area (Å²) in [6.45, 7) is 2.77. The highest BCUT2D eigenvalue weighted by Gasteiger charge is 2.28. The van der Waals surface area contributed by atoms with Gasteiger partial charge in [-0.2, -0.15) is 0 Å². The molecule has 0 radical (unpaired) electrons. The van der Waals surface area contributed by atoms with Gasteiger partial charge in [0, 0.05) is 24.7 Å². The number of nitrogens with zero attached hydrogens (tertiary/aromatic N) is 3. The summed E-state index contributed by atoms with van der Waals surface area (Å²) in [5, 5.41) is 9.69. The van der Waals surface area contributed by atoms with E-state index >= 15 is 0 Å². The predicted molar refractivity (Wildman–Crippen MR) is 98.7 cm³/mol. The van der Waals surface area contributed by atoms with Crippen molar-refractivity contribution >= 4 is 29.4 Å². The summed E-state index contributed by atoms with van der Waals surface area (Å²) in [6.07, 6.45) is 0. The van der Waals surface area contributed by atoms with E-state index in [0.29, 0.717) is 24.7 Å². The van der Waals surface area contributed by atoms with Crippen molar-refractivity contribution in [2.24, 2.45) is 0 Å². The number of carbonyl (C=O) groups is 3. The Labute approximate surface area is 161 Å². The van der Waals surface area contributed by atoms with Crippen LogP contribution < -0.4 is 0 Å². The van der Waals surface area contributed by atoms with E-state index in [2.05, 4.69) is 4.98 Å². The van der Waals surface area contributed by atoms with Crippen LogP contribution in [0.5, 0.6) is 0 Å². The minimum atomic E-state index is -1.09. The summed E-state index contributed by atoms with van der Waals surface area (Å²) in [5.41, 5.74) is 1.42. The molecule has 2 heterocycles. The average Bonchev–Trinajstić information content (AvgIpc) is 2.64. The molecule has 1 aliphatic heterocycles. The third-order valence-electron chi connectivity index (χ3n) is 4.43. The Kier molecular flexibility index (Phi) is 5.41. The van der Waals surface area contributed by atoms with Gasteiger partial charge < -0.3 is 14.9 Å². The lowest BCUT2D eigenvalue weighted by Gasteiger charge is -2.34. The molecule has 27 heavy (non-hydrogen) atoms. The molecule has 1 saturated heterocycles. The van der Waals surface area contributed by atoms with Crippen LogP contribution >= 0.6 is 11.6 Å². The minimum absolute atomic E-state index is 0.0339. The van der Waals surface area contributed by atoms with Crippen LogP contribution in [0.3, 0.4) is 0 Å². The molecule has 1 aromatic heterocycles. The van der Waals surface area contributed by atoms with E-state index in [-0.39, 0.29) is 35.3 Å². The summed E-state index contributed by atoms with van der Waals surface area (Å²) >= 11 is 5.87. The molecule has 1 fully saturated rings. The first-order chi connectivity index (χ1) is 12.8. The molecule has 0 saturated carbocycles. The number of hydrogen-bond acceptors (Lipinski definition) is 4. The molecule has 1 aromatic carbocycles. The molecule has 2 amide bonds. The number of pyridine rings is 1. The first kappa shape index (κ1) is 18.8. The predicted octanol–water partition coefficient (Wildman–Crippen LogP) is 2.23. The quantitative estimate of drug-likeness (QED) is 0.868. The maximum Gasteiger partial charge on any atom is 0.337 e. The standard InChI is InChI=1S/C19H18ClN3O4/c1-12-15(19(26)27)6-7-16(21-12)18(25)23-9-8-22(17(24)11-23)10-13-2-4-14(20)5-3-13/h2-7H,8-11H2,1H3,(H,26,27). The number of piperazine rings is 1. The fourth-order valence-electron chi connectivity index (χ4n) is 2.93. The largest absolute Gasteiger partial charge is 0.478 e. The monoisotopic (exact) mass is 387 g/mol. The van der Waals surface area contributed by atoms with Gasteiger partial charge in [-0.15, -0.1) is 0 Å². The van der Waals surface area contributed by atoms with Crippen molar-refractivity contribution < 1.29 is 19.5 Å². The van der Waals surface area contributed by atoms with Crippen LogP contribution in [0.2, 0.25) is 5.02 Å². The summed E-state index contributed by atoms with van der Waals surface area (Å²) in [4.78, 5) is 43.3. The zero-order chi connectivity index (χ0) is 19.6. The van der Waals surface area contributed by atoms with Crippen LogP contribution in [-0.2, 0) is 11.3 Å². The minimum Gasteiger partial charge on any atom is -0.478 e. The average molecular weight is 388 g/mol. The number of aromatic carboxylic acids is 1. The number of hydrogen-bond donors (Lipinski definition) is 1. The van der Waals surface area contributed by atoms with Crippen LogP contribution in [0.15, 0.2) is 36.4 Å². The summed E-state index contributed by atoms with van der Waals surface area (Å²) in [6, 6.07) is 10.0. The maximum absolute atomic E-state index is 12.6. The van der Waals surface area contributed by atoms with Gasteiger partial charge in [-0.25, -0.2) is 9.78 Å². The Morgan fingerprint density at radius 2 is 1.85 bits per heavy atom. The highest BCUT2D eigenvalue weighted by atomic mass is 35.5. The Morgan fingerprint density at radius 3 is 2.44 bits per heavy atom. The van der Waals surface area contributed by atoms with Crippen LogP contribution in [0.25, 0.3) is 0 Å². The lowest BCUT2D eigenvalue weighted by molar-refractivity contribution is -0.135. The molecule has 0 unspecified atom stereocenters. The molecule has 8 heteroatoms. The van der Waals surface area contributed by atoms with E-state index in [1.807, 2.05) is 12.1 Å². The molecular weight excluding hydrogens is 370 g/mol. The first-order valence-corrected chi connectivity index (χ1v) is 8.75. The third kappa shape index (κ3) is 4.25. The summed E-state index contributed by atoms with van der Waals surface area (Å²) in [5.74, 6) is -1.62. The van der Waals surface area contributed by atoms with Crippen molar-refractivity contribution in [1.82, 2.24) is 14.8 Å². The molecule has 3 rings (SSSR count). The number of aryl methyl sites for hydroxylation is 1. The van der Waals surface area contributed by atoms with E-state index in [4.69, 9.17) is 16.7 Å². The van der Waals surface area contributed by atoms with Gasteiger partial charge in [0.1, 0.15) is 12.2 Å². The van der Waals surface area contributed by atoms with Crippen LogP contribution in [-0.4, -0.2) is 57.3 Å². The first-order valence-electron chi connectivity index (χ1n) is 8.37. The van der Waals surface area contributed by atoms with Crippen molar-refractivity contribution in [3.05, 3.63) is 63.9 Å². The second-order valence-corrected chi connectivity index (χ2v) is 6.74. The Bertz CT molecular complexity index is 898. The number of carboxylic acid groups (broad SMARTS) is 1. The van der Waals surface area contributed by atoms with Gasteiger partial charge in [-0.05, 0) is 36.8 Å². The molecule has 0 bridgehead atoms. The van der Waals surface area contributed by atoms with E-state index in [1.165, 1.54) is 24.0 Å². The molecule has 1 aliphatic rings. The molecule has 1 N–H and O–H groups in total. The van der Waals surface area contributed by atoms with Gasteiger partial charge in [0.15, 0.2) is 0 Å². The van der Waals surface area contributed by atoms with Gasteiger partial charge in [0.2, 0.25) is 5.91 Å². The smallest absolute Gasteiger partial charge is 0.337 e. The molecular formula is C19H18ClN3O4. The van der Waals surface area contributed by atoms with E-state index in [0.717, 1.165) is 5.56 Å². The number of amides is 2. The highest BCUT2D eigenvalue weighted by Crippen LogP contribution is 2.15. The van der Waals surface area contributed by atoms with Crippen molar-refractivity contribution in [3.63, 3.8) is 0 Å². The topological polar surface area (TPSA) is 90.8 Å². The van der Waals surface area contributed by atoms with Crippen molar-refractivity contribution in [1.29, 1.82) is 0 Å². The Hall–Kier alpha value is -2.93. The van der Waals surface area contributed by atoms with Gasteiger partial charge in [-0.1, -0.05) is 23.7 Å². The number of carboxylic acids is 1. The number of rotatable bonds is 4. The Balaban J connectivity index is 1.66. The van der Waals surface area contributed by atoms with Crippen LogP contribution in [0.4, 0.5) is 0 Å². The maximum atomic E-state index is 12.6. The SMILES string of the molecule is Cc1nc(C(=O)N2CCN(Cc3ccc(Cl)cc3)C(=O)C2)ccc1C(=O)O. The molecule has 0 spiro atoms. The van der Waals surface area contributed by atoms with Crippen molar-refractivity contribution in [3.8, 4) is 0 Å². The third-order valence-corrected chi connectivity index (χ3v) is 4.68. The number of benzene rings is 1. The molecule has 140 valence electrons. The zero-order valence-corrected chi connectivity index (χ0v) is 15.4. The summed E-state index contributed by atoms with van der Waals surface area (Å²) < 4.78 is 0. The molecule has 0 aliphatic carbocycles. The van der Waals surface area contributed by atoms with Gasteiger partial charge in [0.05, 0.1) is 11.3 Å². The van der Waals surface area contributed by atoms with Gasteiger partial charge in [0.25, 0.3) is 5.91 Å². The number of halogens is 1. The zero-order valence-electron chi connectivity index (χ0n) is 14.7. The van der Waals surface area contributed by atoms with Gasteiger partial charge >= 0.3 is 5.97 Å². The van der Waals surface area contributed by atoms with Crippen LogP contribution in [0.1, 0.15) is 32.1 Å². The molecule has 7 nitrogen and oxygen atoms in total. The second-order valence-electron chi connectivity index (χ2n) is 6.30. The normalized spacial score (nSPS) is 14.4. The number of aromatic nitrogens is 1. The highest BCUT2D eigenvalue weighted by molar-refractivity contribution is 6.30. The fraction of sp³-hybridized carbons (Fsp3) is 0.263. The molecule has 2 aromatic rings. The number of carbonyl (C=O) groups excluding carboxylic acids is 2. The fourth-order valence-corrected chi connectivity index (χ4v) is 3.05.